The Morgan fingerprint density at radius 3 is 2.72 bits per heavy atom. The summed E-state index contributed by atoms with van der Waals surface area (Å²) in [5, 5.41) is 9.65. The van der Waals surface area contributed by atoms with Crippen molar-refractivity contribution >= 4 is 29.3 Å². The highest BCUT2D eigenvalue weighted by Gasteiger charge is 2.15. The molecule has 0 fully saturated rings. The van der Waals surface area contributed by atoms with Crippen LogP contribution in [0.3, 0.4) is 0 Å². The molecule has 0 unspecified atom stereocenters. The second kappa shape index (κ2) is 9.70. The number of carboxylic acid groups (broad SMARTS) is 1. The summed E-state index contributed by atoms with van der Waals surface area (Å²) in [6, 6.07) is 15.5. The first kappa shape index (κ1) is 19.6. The molecule has 2 aromatic rings. The highest BCUT2D eigenvalue weighted by molar-refractivity contribution is 7.99. The number of para-hydroxylation sites is 1. The summed E-state index contributed by atoms with van der Waals surface area (Å²) < 4.78 is 6.07. The van der Waals surface area contributed by atoms with Gasteiger partial charge in [-0.15, -0.1) is 0 Å². The van der Waals surface area contributed by atoms with Crippen molar-refractivity contribution in [3.05, 3.63) is 53.6 Å². The Bertz CT molecular complexity index is 711. The van der Waals surface area contributed by atoms with Crippen molar-refractivity contribution in [2.75, 3.05) is 19.6 Å². The van der Waals surface area contributed by atoms with Crippen molar-refractivity contribution in [1.82, 2.24) is 4.90 Å². The lowest BCUT2D eigenvalue weighted by Crippen LogP contribution is -2.37. The molecule has 0 amide bonds. The Kier molecular flexibility index (Phi) is 7.62. The highest BCUT2D eigenvalue weighted by Crippen LogP contribution is 2.36. The van der Waals surface area contributed by atoms with Gasteiger partial charge < -0.3 is 9.84 Å². The molecule has 0 aliphatic carbocycles. The zero-order valence-corrected chi connectivity index (χ0v) is 15.9. The minimum absolute atomic E-state index is 0.0170. The van der Waals surface area contributed by atoms with Crippen LogP contribution in [0.25, 0.3) is 0 Å². The standard InChI is InChI=1S/C19H22ClNO3S/c1-3-21(13-19(22)23)12-14(2)24-17-9-4-5-10-18(17)25-16-8-6-7-15(20)11-16/h4-11,14H,3,12-13H2,1-2H3,(H,22,23)/t14-/m1/s1. The van der Waals surface area contributed by atoms with Crippen molar-refractivity contribution in [3.8, 4) is 5.75 Å². The molecule has 0 saturated carbocycles. The molecular weight excluding hydrogens is 358 g/mol. The number of hydrogen-bond acceptors (Lipinski definition) is 4. The van der Waals surface area contributed by atoms with Crippen LogP contribution in [-0.4, -0.2) is 41.7 Å². The van der Waals surface area contributed by atoms with Crippen LogP contribution in [0, 0.1) is 0 Å². The van der Waals surface area contributed by atoms with Gasteiger partial charge in [-0.3, -0.25) is 9.69 Å². The molecule has 4 nitrogen and oxygen atoms in total. The molecule has 0 aliphatic heterocycles. The van der Waals surface area contributed by atoms with Gasteiger partial charge in [0.15, 0.2) is 0 Å². The number of ether oxygens (including phenoxy) is 1. The normalized spacial score (nSPS) is 12.2. The number of rotatable bonds is 9. The third kappa shape index (κ3) is 6.61. The van der Waals surface area contributed by atoms with E-state index in [-0.39, 0.29) is 12.6 Å². The molecule has 6 heteroatoms. The molecule has 1 atom stereocenters. The molecule has 2 rings (SSSR count). The molecule has 0 saturated heterocycles. The summed E-state index contributed by atoms with van der Waals surface area (Å²) in [6.07, 6.45) is -0.125. The number of hydrogen-bond donors (Lipinski definition) is 1. The fourth-order valence-corrected chi connectivity index (χ4v) is 3.61. The fraction of sp³-hybridized carbons (Fsp3) is 0.316. The maximum Gasteiger partial charge on any atom is 0.317 e. The van der Waals surface area contributed by atoms with Gasteiger partial charge in [-0.25, -0.2) is 0 Å². The Morgan fingerprint density at radius 1 is 1.28 bits per heavy atom. The summed E-state index contributed by atoms with van der Waals surface area (Å²) >= 11 is 7.64. The van der Waals surface area contributed by atoms with Gasteiger partial charge in [-0.1, -0.05) is 48.5 Å². The third-order valence-corrected chi connectivity index (χ3v) is 4.80. The molecule has 134 valence electrons. The van der Waals surface area contributed by atoms with Crippen LogP contribution >= 0.6 is 23.4 Å². The Balaban J connectivity index is 2.05. The second-order valence-corrected chi connectivity index (χ2v) is 7.21. The number of likely N-dealkylation sites (N-methyl/N-ethyl adjacent to an activating group) is 1. The lowest BCUT2D eigenvalue weighted by Gasteiger charge is -2.24. The van der Waals surface area contributed by atoms with Crippen molar-refractivity contribution in [2.24, 2.45) is 0 Å². The molecule has 2 aromatic carbocycles. The first-order chi connectivity index (χ1) is 12.0. The molecule has 0 heterocycles. The topological polar surface area (TPSA) is 49.8 Å². The predicted molar refractivity (Wildman–Crippen MR) is 102 cm³/mol. The SMILES string of the molecule is CCN(CC(=O)O)C[C@@H](C)Oc1ccccc1Sc1cccc(Cl)c1. The molecule has 0 aliphatic rings. The summed E-state index contributed by atoms with van der Waals surface area (Å²) in [7, 11) is 0. The van der Waals surface area contributed by atoms with Crippen LogP contribution in [0.4, 0.5) is 0 Å². The van der Waals surface area contributed by atoms with E-state index in [0.29, 0.717) is 18.1 Å². The van der Waals surface area contributed by atoms with Gasteiger partial charge in [-0.2, -0.15) is 0 Å². The van der Waals surface area contributed by atoms with E-state index in [0.717, 1.165) is 15.5 Å². The van der Waals surface area contributed by atoms with Crippen LogP contribution < -0.4 is 4.74 Å². The number of benzene rings is 2. The number of carboxylic acids is 1. The third-order valence-electron chi connectivity index (χ3n) is 3.52. The van der Waals surface area contributed by atoms with Gasteiger partial charge in [0.1, 0.15) is 11.9 Å². The molecule has 0 bridgehead atoms. The largest absolute Gasteiger partial charge is 0.488 e. The second-order valence-electron chi connectivity index (χ2n) is 5.66. The fourth-order valence-electron chi connectivity index (χ4n) is 2.40. The van der Waals surface area contributed by atoms with E-state index >= 15 is 0 Å². The maximum absolute atomic E-state index is 10.9. The first-order valence-electron chi connectivity index (χ1n) is 8.11. The predicted octanol–water partition coefficient (Wildman–Crippen LogP) is 4.67. The maximum atomic E-state index is 10.9. The van der Waals surface area contributed by atoms with Crippen LogP contribution in [0.5, 0.6) is 5.75 Å². The molecule has 0 radical (unpaired) electrons. The molecule has 0 aromatic heterocycles. The van der Waals surface area contributed by atoms with Crippen molar-refractivity contribution in [2.45, 2.75) is 29.7 Å². The number of halogens is 1. The zero-order valence-electron chi connectivity index (χ0n) is 14.3. The highest BCUT2D eigenvalue weighted by atomic mass is 35.5. The average molecular weight is 380 g/mol. The van der Waals surface area contributed by atoms with E-state index in [2.05, 4.69) is 0 Å². The van der Waals surface area contributed by atoms with Crippen molar-refractivity contribution in [3.63, 3.8) is 0 Å². The first-order valence-corrected chi connectivity index (χ1v) is 9.30. The Labute approximate surface area is 157 Å². The molecule has 25 heavy (non-hydrogen) atoms. The van der Waals surface area contributed by atoms with Crippen LogP contribution in [0.15, 0.2) is 58.3 Å². The quantitative estimate of drug-likeness (QED) is 0.686. The Hall–Kier alpha value is -1.69. The van der Waals surface area contributed by atoms with Crippen molar-refractivity contribution < 1.29 is 14.6 Å². The van der Waals surface area contributed by atoms with Gasteiger partial charge in [0.25, 0.3) is 0 Å². The van der Waals surface area contributed by atoms with Crippen molar-refractivity contribution in [1.29, 1.82) is 0 Å². The van der Waals surface area contributed by atoms with E-state index in [4.69, 9.17) is 21.4 Å². The van der Waals surface area contributed by atoms with E-state index < -0.39 is 5.97 Å². The smallest absolute Gasteiger partial charge is 0.317 e. The summed E-state index contributed by atoms with van der Waals surface area (Å²) in [5.74, 6) is -0.0442. The lowest BCUT2D eigenvalue weighted by atomic mass is 10.3. The summed E-state index contributed by atoms with van der Waals surface area (Å²) in [6.45, 7) is 5.13. The van der Waals surface area contributed by atoms with E-state index in [9.17, 15) is 4.79 Å². The van der Waals surface area contributed by atoms with E-state index in [1.54, 1.807) is 11.8 Å². The number of carbonyl (C=O) groups is 1. The molecule has 0 spiro atoms. The van der Waals surface area contributed by atoms with Gasteiger partial charge in [0.05, 0.1) is 11.4 Å². The average Bonchev–Trinajstić information content (AvgIpc) is 2.55. The van der Waals surface area contributed by atoms with E-state index in [1.807, 2.05) is 67.3 Å². The van der Waals surface area contributed by atoms with Gasteiger partial charge in [0.2, 0.25) is 0 Å². The molecule has 1 N–H and O–H groups in total. The summed E-state index contributed by atoms with van der Waals surface area (Å²) in [5.41, 5.74) is 0. The number of nitrogens with zero attached hydrogens (tertiary/aromatic N) is 1. The number of aliphatic carboxylic acids is 1. The summed E-state index contributed by atoms with van der Waals surface area (Å²) in [4.78, 5) is 14.8. The van der Waals surface area contributed by atoms with Gasteiger partial charge in [0, 0.05) is 16.5 Å². The minimum atomic E-state index is -0.828. The van der Waals surface area contributed by atoms with Gasteiger partial charge in [-0.05, 0) is 43.8 Å². The monoisotopic (exact) mass is 379 g/mol. The van der Waals surface area contributed by atoms with Crippen LogP contribution in [0.1, 0.15) is 13.8 Å². The Morgan fingerprint density at radius 2 is 2.04 bits per heavy atom. The van der Waals surface area contributed by atoms with Crippen LogP contribution in [0.2, 0.25) is 5.02 Å². The lowest BCUT2D eigenvalue weighted by molar-refractivity contribution is -0.138. The van der Waals surface area contributed by atoms with Crippen LogP contribution in [-0.2, 0) is 4.79 Å². The minimum Gasteiger partial charge on any atom is -0.488 e. The molecular formula is C19H22ClNO3S. The van der Waals surface area contributed by atoms with Gasteiger partial charge >= 0.3 is 5.97 Å². The zero-order chi connectivity index (χ0) is 18.2. The van der Waals surface area contributed by atoms with E-state index in [1.165, 1.54) is 0 Å².